The molecule has 0 radical (unpaired) electrons. The first-order valence-electron chi connectivity index (χ1n) is 13.3. The molecule has 1 aromatic heterocycles. The minimum Gasteiger partial charge on any atom is -0.497 e. The average Bonchev–Trinajstić information content (AvgIpc) is 3.44. The van der Waals surface area contributed by atoms with E-state index in [9.17, 15) is 9.59 Å². The molecule has 0 bridgehead atoms. The summed E-state index contributed by atoms with van der Waals surface area (Å²) in [6.07, 6.45) is 0. The fourth-order valence-electron chi connectivity index (χ4n) is 4.74. The van der Waals surface area contributed by atoms with Crippen LogP contribution in [-0.2, 0) is 22.7 Å². The molecule has 10 nitrogen and oxygen atoms in total. The highest BCUT2D eigenvalue weighted by molar-refractivity contribution is 5.98. The number of methoxy groups -OCH3 is 3. The summed E-state index contributed by atoms with van der Waals surface area (Å²) in [6, 6.07) is 28.1. The van der Waals surface area contributed by atoms with Gasteiger partial charge >= 0.3 is 0 Å². The van der Waals surface area contributed by atoms with Crippen LogP contribution in [0.3, 0.4) is 0 Å². The number of hydrogen-bond acceptors (Lipinski definition) is 7. The van der Waals surface area contributed by atoms with E-state index in [1.807, 2.05) is 54.6 Å². The van der Waals surface area contributed by atoms with Gasteiger partial charge in [0, 0.05) is 12.2 Å². The number of aromatic nitrogens is 3. The van der Waals surface area contributed by atoms with Gasteiger partial charge in [-0.25, -0.2) is 4.68 Å². The normalized spacial score (nSPS) is 11.5. The van der Waals surface area contributed by atoms with Crippen molar-refractivity contribution in [2.75, 3.05) is 26.6 Å². The molecule has 1 N–H and O–H groups in total. The van der Waals surface area contributed by atoms with Crippen LogP contribution in [-0.4, -0.2) is 53.0 Å². The van der Waals surface area contributed by atoms with E-state index in [0.29, 0.717) is 34.0 Å². The molecule has 0 aliphatic rings. The maximum atomic E-state index is 14.2. The Morgan fingerprint density at radius 2 is 1.55 bits per heavy atom. The Kier molecular flexibility index (Phi) is 8.62. The van der Waals surface area contributed by atoms with E-state index in [0.717, 1.165) is 11.1 Å². The number of hydrogen-bond donors (Lipinski definition) is 1. The summed E-state index contributed by atoms with van der Waals surface area (Å²) in [6.45, 7) is 0.0499. The van der Waals surface area contributed by atoms with Gasteiger partial charge in [-0.15, -0.1) is 5.10 Å². The van der Waals surface area contributed by atoms with Crippen LogP contribution in [0.5, 0.6) is 17.2 Å². The lowest BCUT2D eigenvalue weighted by molar-refractivity contribution is -0.140. The molecule has 0 aliphatic heterocycles. The fourth-order valence-corrected chi connectivity index (χ4v) is 4.74. The van der Waals surface area contributed by atoms with E-state index in [-0.39, 0.29) is 19.0 Å². The van der Waals surface area contributed by atoms with Crippen LogP contribution >= 0.6 is 0 Å². The third-order valence-electron chi connectivity index (χ3n) is 6.86. The van der Waals surface area contributed by atoms with Gasteiger partial charge < -0.3 is 24.4 Å². The molecule has 5 aromatic rings. The molecule has 214 valence electrons. The van der Waals surface area contributed by atoms with Crippen LogP contribution < -0.4 is 19.5 Å². The molecule has 1 atom stereocenters. The Morgan fingerprint density at radius 1 is 0.833 bits per heavy atom. The van der Waals surface area contributed by atoms with Crippen LogP contribution in [0.1, 0.15) is 17.2 Å². The minimum absolute atomic E-state index is 0.118. The quantitative estimate of drug-likeness (QED) is 0.244. The van der Waals surface area contributed by atoms with Crippen molar-refractivity contribution >= 4 is 28.5 Å². The largest absolute Gasteiger partial charge is 0.497 e. The Morgan fingerprint density at radius 3 is 2.26 bits per heavy atom. The molecule has 0 saturated carbocycles. The molecular formula is C32H31N5O5. The topological polar surface area (TPSA) is 108 Å². The molecule has 10 heteroatoms. The van der Waals surface area contributed by atoms with Crippen LogP contribution in [0.15, 0.2) is 97.1 Å². The van der Waals surface area contributed by atoms with Crippen molar-refractivity contribution in [2.24, 2.45) is 0 Å². The number of para-hydroxylation sites is 1. The lowest BCUT2D eigenvalue weighted by atomic mass is 10.0. The van der Waals surface area contributed by atoms with Gasteiger partial charge in [0.15, 0.2) is 11.5 Å². The van der Waals surface area contributed by atoms with Crippen molar-refractivity contribution in [3.8, 4) is 17.2 Å². The molecule has 0 aliphatic carbocycles. The highest BCUT2D eigenvalue weighted by Crippen LogP contribution is 2.34. The van der Waals surface area contributed by atoms with Gasteiger partial charge in [-0.2, -0.15) is 0 Å². The fraction of sp³-hybridized carbons (Fsp3) is 0.188. The number of benzene rings is 4. The number of anilines is 1. The predicted molar refractivity (Wildman–Crippen MR) is 158 cm³/mol. The first kappa shape index (κ1) is 28.2. The average molecular weight is 566 g/mol. The maximum Gasteiger partial charge on any atom is 0.251 e. The second-order valence-electron chi connectivity index (χ2n) is 9.48. The summed E-state index contributed by atoms with van der Waals surface area (Å²) in [5, 5.41) is 11.4. The van der Waals surface area contributed by atoms with Gasteiger partial charge in [0.2, 0.25) is 5.91 Å². The first-order chi connectivity index (χ1) is 20.5. The Balaban J connectivity index is 1.57. The minimum atomic E-state index is -1.03. The van der Waals surface area contributed by atoms with Gasteiger partial charge in [-0.1, -0.05) is 53.7 Å². The lowest BCUT2D eigenvalue weighted by Gasteiger charge is -2.32. The number of carbonyl (C=O) groups excluding carboxylic acids is 2. The molecule has 42 heavy (non-hydrogen) atoms. The van der Waals surface area contributed by atoms with E-state index < -0.39 is 11.9 Å². The zero-order valence-corrected chi connectivity index (χ0v) is 23.6. The van der Waals surface area contributed by atoms with E-state index in [4.69, 9.17) is 14.2 Å². The molecule has 0 saturated heterocycles. The van der Waals surface area contributed by atoms with Crippen molar-refractivity contribution in [3.05, 3.63) is 108 Å². The number of nitrogens with zero attached hydrogens (tertiary/aromatic N) is 4. The molecule has 0 unspecified atom stereocenters. The van der Waals surface area contributed by atoms with Gasteiger partial charge in [0.1, 0.15) is 23.9 Å². The number of ether oxygens (including phenoxy) is 3. The molecule has 4 aromatic carbocycles. The Hall–Kier alpha value is -5.38. The third-order valence-corrected chi connectivity index (χ3v) is 6.86. The van der Waals surface area contributed by atoms with Crippen molar-refractivity contribution in [1.29, 1.82) is 0 Å². The van der Waals surface area contributed by atoms with Crippen molar-refractivity contribution < 1.29 is 23.8 Å². The number of amides is 2. The number of fused-ring (bicyclic) bond motifs is 1. The summed E-state index contributed by atoms with van der Waals surface area (Å²) in [5.41, 5.74) is 3.36. The smallest absolute Gasteiger partial charge is 0.251 e. The van der Waals surface area contributed by atoms with E-state index in [1.54, 1.807) is 66.3 Å². The number of rotatable bonds is 11. The van der Waals surface area contributed by atoms with E-state index in [1.165, 1.54) is 7.11 Å². The predicted octanol–water partition coefficient (Wildman–Crippen LogP) is 4.87. The standard InChI is InChI=1S/C32H31N5O5/c1-40-25-16-14-24(15-17-25)33-32(39)31(23-13-18-28(41-2)29(19-23)42-3)36(20-22-9-5-4-6-10-22)30(38)21-37-27-12-8-7-11-26(27)34-35-37/h4-19,31H,20-21H2,1-3H3,(H,33,39)/t31-/m0/s1. The molecule has 0 fully saturated rings. The SMILES string of the molecule is COc1ccc(NC(=O)[C@H](c2ccc(OC)c(OC)c2)N(Cc2ccccc2)C(=O)Cn2nnc3ccccc32)cc1. The van der Waals surface area contributed by atoms with Crippen molar-refractivity contribution in [1.82, 2.24) is 19.9 Å². The maximum absolute atomic E-state index is 14.2. The van der Waals surface area contributed by atoms with Crippen LogP contribution in [0, 0.1) is 0 Å². The van der Waals surface area contributed by atoms with Crippen molar-refractivity contribution in [3.63, 3.8) is 0 Å². The Labute approximate surface area is 243 Å². The molecule has 2 amide bonds. The van der Waals surface area contributed by atoms with E-state index in [2.05, 4.69) is 15.6 Å². The number of carbonyl (C=O) groups is 2. The summed E-state index contributed by atoms with van der Waals surface area (Å²) in [4.78, 5) is 29.9. The lowest BCUT2D eigenvalue weighted by Crippen LogP contribution is -2.42. The van der Waals surface area contributed by atoms with Crippen LogP contribution in [0.25, 0.3) is 11.0 Å². The molecular weight excluding hydrogens is 534 g/mol. The number of nitrogens with one attached hydrogen (secondary N) is 1. The van der Waals surface area contributed by atoms with Gasteiger partial charge in [-0.3, -0.25) is 9.59 Å². The first-order valence-corrected chi connectivity index (χ1v) is 13.3. The zero-order chi connectivity index (χ0) is 29.5. The highest BCUT2D eigenvalue weighted by Gasteiger charge is 2.33. The Bertz CT molecular complexity index is 1670. The molecule has 0 spiro atoms. The van der Waals surface area contributed by atoms with E-state index >= 15 is 0 Å². The second kappa shape index (κ2) is 12.9. The molecule has 1 heterocycles. The van der Waals surface area contributed by atoms with Gasteiger partial charge in [0.05, 0.1) is 26.8 Å². The van der Waals surface area contributed by atoms with Crippen LogP contribution in [0.4, 0.5) is 5.69 Å². The summed E-state index contributed by atoms with van der Waals surface area (Å²) < 4.78 is 17.8. The van der Waals surface area contributed by atoms with Crippen LogP contribution in [0.2, 0.25) is 0 Å². The summed E-state index contributed by atoms with van der Waals surface area (Å²) in [5.74, 6) is 0.877. The highest BCUT2D eigenvalue weighted by atomic mass is 16.5. The van der Waals surface area contributed by atoms with Crippen molar-refractivity contribution in [2.45, 2.75) is 19.1 Å². The monoisotopic (exact) mass is 565 g/mol. The van der Waals surface area contributed by atoms with Gasteiger partial charge in [-0.05, 0) is 59.7 Å². The third kappa shape index (κ3) is 6.17. The molecule has 5 rings (SSSR count). The summed E-state index contributed by atoms with van der Waals surface area (Å²) in [7, 11) is 4.64. The second-order valence-corrected chi connectivity index (χ2v) is 9.48. The zero-order valence-electron chi connectivity index (χ0n) is 23.6. The summed E-state index contributed by atoms with van der Waals surface area (Å²) >= 11 is 0. The van der Waals surface area contributed by atoms with Gasteiger partial charge in [0.25, 0.3) is 5.91 Å².